The van der Waals surface area contributed by atoms with E-state index in [0.717, 1.165) is 12.1 Å². The van der Waals surface area contributed by atoms with Crippen LogP contribution < -0.4 is 0 Å². The summed E-state index contributed by atoms with van der Waals surface area (Å²) in [5, 5.41) is 6.97. The molecule has 0 fully saturated rings. The number of aromatic amines is 1. The Bertz CT molecular complexity index is 490. The number of fused-ring (bicyclic) bond motifs is 1. The van der Waals surface area contributed by atoms with Crippen LogP contribution in [0.5, 0.6) is 0 Å². The van der Waals surface area contributed by atoms with Gasteiger partial charge in [-0.25, -0.2) is 0 Å². The molecule has 2 aromatic rings. The lowest BCUT2D eigenvalue weighted by atomic mass is 10.1. The van der Waals surface area contributed by atoms with Gasteiger partial charge in [-0.15, -0.1) is 11.6 Å². The molecule has 0 atom stereocenters. The third-order valence-electron chi connectivity index (χ3n) is 2.10. The summed E-state index contributed by atoms with van der Waals surface area (Å²) >= 11 is 5.58. The number of benzene rings is 1. The molecular weight excluding hydrogens is 229 g/mol. The number of alkyl halides is 4. The van der Waals surface area contributed by atoms with Crippen LogP contribution in [0, 0.1) is 0 Å². The average molecular weight is 235 g/mol. The Balaban J connectivity index is 2.58. The number of nitrogens with zero attached hydrogens (tertiary/aromatic N) is 1. The number of halogens is 4. The molecule has 0 aliphatic heterocycles. The molecule has 1 heterocycles. The van der Waals surface area contributed by atoms with Crippen molar-refractivity contribution in [1.29, 1.82) is 0 Å². The SMILES string of the molecule is FC(F)(F)c1ccc2c(CCl)[nH]nc2c1. The molecule has 6 heteroatoms. The number of hydrogen-bond donors (Lipinski definition) is 1. The van der Waals surface area contributed by atoms with E-state index in [1.165, 1.54) is 6.07 Å². The highest BCUT2D eigenvalue weighted by Crippen LogP contribution is 2.31. The second-order valence-corrected chi connectivity index (χ2v) is 3.33. The van der Waals surface area contributed by atoms with Crippen LogP contribution in [-0.4, -0.2) is 10.2 Å². The quantitative estimate of drug-likeness (QED) is 0.754. The second-order valence-electron chi connectivity index (χ2n) is 3.07. The minimum absolute atomic E-state index is 0.196. The van der Waals surface area contributed by atoms with E-state index in [-0.39, 0.29) is 11.4 Å². The van der Waals surface area contributed by atoms with Crippen molar-refractivity contribution < 1.29 is 13.2 Å². The predicted octanol–water partition coefficient (Wildman–Crippen LogP) is 3.32. The van der Waals surface area contributed by atoms with Gasteiger partial charge in [0.05, 0.1) is 22.7 Å². The van der Waals surface area contributed by atoms with Gasteiger partial charge in [0.2, 0.25) is 0 Å². The molecule has 0 radical (unpaired) electrons. The van der Waals surface area contributed by atoms with Crippen molar-refractivity contribution in [3.8, 4) is 0 Å². The summed E-state index contributed by atoms with van der Waals surface area (Å²) in [5.74, 6) is 0.196. The Kier molecular flexibility index (Phi) is 2.34. The largest absolute Gasteiger partial charge is 0.416 e. The van der Waals surface area contributed by atoms with Crippen LogP contribution in [-0.2, 0) is 12.1 Å². The first-order valence-corrected chi connectivity index (χ1v) is 4.66. The van der Waals surface area contributed by atoms with E-state index >= 15 is 0 Å². The van der Waals surface area contributed by atoms with E-state index in [1.54, 1.807) is 0 Å². The maximum atomic E-state index is 12.3. The predicted molar refractivity (Wildman–Crippen MR) is 50.7 cm³/mol. The zero-order valence-corrected chi connectivity index (χ0v) is 8.15. The van der Waals surface area contributed by atoms with Crippen LogP contribution in [0.25, 0.3) is 10.9 Å². The summed E-state index contributed by atoms with van der Waals surface area (Å²) in [4.78, 5) is 0. The molecule has 1 N–H and O–H groups in total. The molecule has 0 aliphatic carbocycles. The van der Waals surface area contributed by atoms with Gasteiger partial charge in [0, 0.05) is 5.39 Å². The lowest BCUT2D eigenvalue weighted by Gasteiger charge is -2.05. The maximum Gasteiger partial charge on any atom is 0.416 e. The molecule has 0 aliphatic rings. The summed E-state index contributed by atoms with van der Waals surface area (Å²) in [7, 11) is 0. The second kappa shape index (κ2) is 3.41. The molecule has 0 amide bonds. The molecule has 0 spiro atoms. The topological polar surface area (TPSA) is 28.7 Å². The van der Waals surface area contributed by atoms with Crippen LogP contribution in [0.2, 0.25) is 0 Å². The van der Waals surface area contributed by atoms with Gasteiger partial charge in [0.25, 0.3) is 0 Å². The number of aromatic nitrogens is 2. The smallest absolute Gasteiger partial charge is 0.280 e. The molecule has 2 rings (SSSR count). The highest BCUT2D eigenvalue weighted by atomic mass is 35.5. The minimum Gasteiger partial charge on any atom is -0.280 e. The molecule has 80 valence electrons. The van der Waals surface area contributed by atoms with E-state index in [0.29, 0.717) is 11.1 Å². The van der Waals surface area contributed by atoms with Gasteiger partial charge in [-0.2, -0.15) is 18.3 Å². The van der Waals surface area contributed by atoms with Crippen LogP contribution >= 0.6 is 11.6 Å². The van der Waals surface area contributed by atoms with E-state index < -0.39 is 11.7 Å². The minimum atomic E-state index is -4.34. The third-order valence-corrected chi connectivity index (χ3v) is 2.36. The first-order valence-electron chi connectivity index (χ1n) is 4.12. The molecule has 0 saturated carbocycles. The summed E-state index contributed by atoms with van der Waals surface area (Å²) in [6.45, 7) is 0. The molecule has 0 bridgehead atoms. The molecular formula is C9H6ClF3N2. The summed E-state index contributed by atoms with van der Waals surface area (Å²) in [5.41, 5.74) is 0.198. The number of rotatable bonds is 1. The van der Waals surface area contributed by atoms with Crippen LogP contribution in [0.4, 0.5) is 13.2 Å². The van der Waals surface area contributed by atoms with Gasteiger partial charge in [0.1, 0.15) is 0 Å². The van der Waals surface area contributed by atoms with Crippen molar-refractivity contribution in [2.75, 3.05) is 0 Å². The van der Waals surface area contributed by atoms with Crippen LogP contribution in [0.1, 0.15) is 11.3 Å². The Morgan fingerprint density at radius 1 is 1.33 bits per heavy atom. The summed E-state index contributed by atoms with van der Waals surface area (Å²) in [6.07, 6.45) is -4.34. The first kappa shape index (κ1) is 10.3. The van der Waals surface area contributed by atoms with Gasteiger partial charge in [-0.3, -0.25) is 5.10 Å². The van der Waals surface area contributed by atoms with Gasteiger partial charge in [0.15, 0.2) is 0 Å². The Hall–Kier alpha value is -1.23. The fourth-order valence-electron chi connectivity index (χ4n) is 1.35. The molecule has 0 unspecified atom stereocenters. The monoisotopic (exact) mass is 234 g/mol. The fourth-order valence-corrected chi connectivity index (χ4v) is 1.55. The molecule has 15 heavy (non-hydrogen) atoms. The Labute approximate surface area is 88.0 Å². The molecule has 1 aromatic carbocycles. The number of nitrogens with one attached hydrogen (secondary N) is 1. The maximum absolute atomic E-state index is 12.3. The van der Waals surface area contributed by atoms with Crippen LogP contribution in [0.3, 0.4) is 0 Å². The van der Waals surface area contributed by atoms with E-state index in [1.807, 2.05) is 0 Å². The average Bonchev–Trinajstić information content (AvgIpc) is 2.58. The van der Waals surface area contributed by atoms with Crippen LogP contribution in [0.15, 0.2) is 18.2 Å². The van der Waals surface area contributed by atoms with E-state index in [4.69, 9.17) is 11.6 Å². The zero-order valence-electron chi connectivity index (χ0n) is 7.40. The standard InChI is InChI=1S/C9H6ClF3N2/c10-4-8-6-2-1-5(9(11,12)13)3-7(6)14-15-8/h1-3H,4H2,(H,14,15). The van der Waals surface area contributed by atoms with Crippen molar-refractivity contribution in [2.24, 2.45) is 0 Å². The summed E-state index contributed by atoms with van der Waals surface area (Å²) in [6, 6.07) is 3.40. The van der Waals surface area contributed by atoms with Crippen molar-refractivity contribution in [3.05, 3.63) is 29.5 Å². The molecule has 0 saturated heterocycles. The Morgan fingerprint density at radius 3 is 2.67 bits per heavy atom. The molecule has 2 nitrogen and oxygen atoms in total. The van der Waals surface area contributed by atoms with Gasteiger partial charge >= 0.3 is 6.18 Å². The fraction of sp³-hybridized carbons (Fsp3) is 0.222. The number of H-pyrrole nitrogens is 1. The zero-order chi connectivity index (χ0) is 11.1. The summed E-state index contributed by atoms with van der Waals surface area (Å²) < 4.78 is 37.0. The lowest BCUT2D eigenvalue weighted by molar-refractivity contribution is -0.137. The van der Waals surface area contributed by atoms with E-state index in [9.17, 15) is 13.2 Å². The highest BCUT2D eigenvalue weighted by Gasteiger charge is 2.30. The van der Waals surface area contributed by atoms with Gasteiger partial charge in [-0.05, 0) is 12.1 Å². The van der Waals surface area contributed by atoms with E-state index in [2.05, 4.69) is 10.2 Å². The first-order chi connectivity index (χ1) is 7.02. The normalized spacial score (nSPS) is 12.3. The van der Waals surface area contributed by atoms with Gasteiger partial charge < -0.3 is 0 Å². The van der Waals surface area contributed by atoms with Crippen molar-refractivity contribution in [2.45, 2.75) is 12.1 Å². The third kappa shape index (κ3) is 1.79. The van der Waals surface area contributed by atoms with Crippen molar-refractivity contribution in [1.82, 2.24) is 10.2 Å². The highest BCUT2D eigenvalue weighted by molar-refractivity contribution is 6.17. The van der Waals surface area contributed by atoms with Gasteiger partial charge in [-0.1, -0.05) is 6.07 Å². The van der Waals surface area contributed by atoms with Crippen molar-refractivity contribution in [3.63, 3.8) is 0 Å². The number of hydrogen-bond acceptors (Lipinski definition) is 1. The lowest BCUT2D eigenvalue weighted by Crippen LogP contribution is -2.04. The Morgan fingerprint density at radius 2 is 2.07 bits per heavy atom. The molecule has 1 aromatic heterocycles. The van der Waals surface area contributed by atoms with Crippen molar-refractivity contribution >= 4 is 22.5 Å².